The van der Waals surface area contributed by atoms with E-state index >= 15 is 0 Å². The monoisotopic (exact) mass is 136 g/mol. The number of hydrogen-bond acceptors (Lipinski definition) is 5. The van der Waals surface area contributed by atoms with Gasteiger partial charge < -0.3 is 17.2 Å². The molecule has 0 aliphatic carbocycles. The molecule has 0 aromatic carbocycles. The molecule has 51 valence electrons. The van der Waals surface area contributed by atoms with Crippen LogP contribution >= 0.6 is 0 Å². The minimum Gasteiger partial charge on any atom is -0.383 e. The molecular weight excluding hydrogens is 129 g/mol. The molecule has 0 saturated heterocycles. The fraction of sp³-hybridized carbons (Fsp3) is 0. The highest BCUT2D eigenvalue weighted by molar-refractivity contribution is 5.75. The molecular formula is C4H7BN5. The van der Waals surface area contributed by atoms with E-state index in [1.807, 2.05) is 0 Å². The van der Waals surface area contributed by atoms with E-state index in [0.29, 0.717) is 11.6 Å². The second kappa shape index (κ2) is 2.91. The lowest BCUT2D eigenvalue weighted by Crippen LogP contribution is -2.01. The van der Waals surface area contributed by atoms with Crippen molar-refractivity contribution >= 4 is 26.0 Å². The van der Waals surface area contributed by atoms with Crippen molar-refractivity contribution in [1.29, 1.82) is 0 Å². The maximum atomic E-state index is 5.25. The summed E-state index contributed by atoms with van der Waals surface area (Å²) < 4.78 is 0. The molecule has 0 aliphatic rings. The number of aromatic nitrogens is 2. The van der Waals surface area contributed by atoms with E-state index < -0.39 is 0 Å². The molecule has 10 heavy (non-hydrogen) atoms. The molecule has 0 spiro atoms. The molecule has 6 heteroatoms. The van der Waals surface area contributed by atoms with Crippen LogP contribution in [-0.4, -0.2) is 18.4 Å². The van der Waals surface area contributed by atoms with Crippen molar-refractivity contribution in [2.45, 2.75) is 0 Å². The van der Waals surface area contributed by atoms with Crippen molar-refractivity contribution < 1.29 is 0 Å². The smallest absolute Gasteiger partial charge is 0.223 e. The number of anilines is 3. The number of nitrogens with two attached hydrogens (primary N) is 3. The van der Waals surface area contributed by atoms with Gasteiger partial charge in [-0.3, -0.25) is 0 Å². The lowest BCUT2D eigenvalue weighted by atomic mass is 10.5. The fourth-order valence-electron chi connectivity index (χ4n) is 0.506. The highest BCUT2D eigenvalue weighted by atomic mass is 15.1. The normalized spacial score (nSPS) is 8.40. The fourth-order valence-corrected chi connectivity index (χ4v) is 0.506. The summed E-state index contributed by atoms with van der Waals surface area (Å²) in [5, 5.41) is 0. The molecule has 0 fully saturated rings. The quantitative estimate of drug-likeness (QED) is 0.390. The SMILES string of the molecule is Nc1cc(N)nc(N)n1.[B]. The molecule has 1 aromatic heterocycles. The summed E-state index contributed by atoms with van der Waals surface area (Å²) >= 11 is 0. The van der Waals surface area contributed by atoms with Gasteiger partial charge in [0.25, 0.3) is 0 Å². The Labute approximate surface area is 60.2 Å². The zero-order valence-electron chi connectivity index (χ0n) is 5.28. The molecule has 0 unspecified atom stereocenters. The van der Waals surface area contributed by atoms with Crippen molar-refractivity contribution in [3.63, 3.8) is 0 Å². The number of rotatable bonds is 0. The molecule has 0 atom stereocenters. The van der Waals surface area contributed by atoms with E-state index in [2.05, 4.69) is 9.97 Å². The number of nitrogens with zero attached hydrogens (tertiary/aromatic N) is 2. The van der Waals surface area contributed by atoms with Crippen LogP contribution in [0.5, 0.6) is 0 Å². The first-order valence-electron chi connectivity index (χ1n) is 2.34. The zero-order chi connectivity index (χ0) is 6.85. The van der Waals surface area contributed by atoms with Gasteiger partial charge in [0.2, 0.25) is 5.95 Å². The first-order valence-corrected chi connectivity index (χ1v) is 2.34. The molecule has 1 aromatic rings. The van der Waals surface area contributed by atoms with Gasteiger partial charge >= 0.3 is 0 Å². The van der Waals surface area contributed by atoms with Gasteiger partial charge in [-0.2, -0.15) is 9.97 Å². The topological polar surface area (TPSA) is 104 Å². The van der Waals surface area contributed by atoms with Crippen molar-refractivity contribution in [2.75, 3.05) is 17.2 Å². The number of nitrogen functional groups attached to an aromatic ring is 3. The van der Waals surface area contributed by atoms with Crippen LogP contribution in [0.2, 0.25) is 0 Å². The lowest BCUT2D eigenvalue weighted by molar-refractivity contribution is 1.20. The van der Waals surface area contributed by atoms with Crippen LogP contribution in [0.25, 0.3) is 0 Å². The first-order chi connectivity index (χ1) is 4.18. The van der Waals surface area contributed by atoms with Gasteiger partial charge in [-0.1, -0.05) is 0 Å². The lowest BCUT2D eigenvalue weighted by Gasteiger charge is -1.94. The Morgan fingerprint density at radius 3 is 1.70 bits per heavy atom. The Kier molecular flexibility index (Phi) is 2.48. The van der Waals surface area contributed by atoms with Crippen LogP contribution in [-0.2, 0) is 0 Å². The Morgan fingerprint density at radius 2 is 1.40 bits per heavy atom. The van der Waals surface area contributed by atoms with Crippen LogP contribution < -0.4 is 17.2 Å². The Balaban J connectivity index is 0.000000810. The third kappa shape index (κ3) is 1.81. The second-order valence-corrected chi connectivity index (χ2v) is 1.58. The minimum absolute atomic E-state index is 0. The molecule has 0 aliphatic heterocycles. The summed E-state index contributed by atoms with van der Waals surface area (Å²) in [6.07, 6.45) is 0. The highest BCUT2D eigenvalue weighted by Gasteiger charge is 1.92. The van der Waals surface area contributed by atoms with Crippen LogP contribution in [0.3, 0.4) is 0 Å². The van der Waals surface area contributed by atoms with Gasteiger partial charge in [-0.25, -0.2) is 0 Å². The summed E-state index contributed by atoms with van der Waals surface area (Å²) in [4.78, 5) is 7.20. The van der Waals surface area contributed by atoms with Crippen LogP contribution in [0, 0.1) is 0 Å². The van der Waals surface area contributed by atoms with E-state index in [-0.39, 0.29) is 14.4 Å². The molecule has 5 nitrogen and oxygen atoms in total. The van der Waals surface area contributed by atoms with Crippen LogP contribution in [0.1, 0.15) is 0 Å². The Bertz CT molecular complexity index is 174. The predicted octanol–water partition coefficient (Wildman–Crippen LogP) is -1.16. The summed E-state index contributed by atoms with van der Waals surface area (Å²) in [7, 11) is 0. The molecule has 0 bridgehead atoms. The molecule has 0 amide bonds. The number of hydrogen-bond donors (Lipinski definition) is 3. The van der Waals surface area contributed by atoms with Gasteiger partial charge in [0.1, 0.15) is 11.6 Å². The molecule has 3 radical (unpaired) electrons. The largest absolute Gasteiger partial charge is 0.383 e. The van der Waals surface area contributed by atoms with Crippen LogP contribution in [0.4, 0.5) is 17.6 Å². The van der Waals surface area contributed by atoms with Crippen molar-refractivity contribution in [3.05, 3.63) is 6.07 Å². The zero-order valence-corrected chi connectivity index (χ0v) is 5.28. The van der Waals surface area contributed by atoms with Crippen molar-refractivity contribution in [2.24, 2.45) is 0 Å². The predicted molar refractivity (Wildman–Crippen MR) is 41.0 cm³/mol. The Morgan fingerprint density at radius 1 is 1.00 bits per heavy atom. The summed E-state index contributed by atoms with van der Waals surface area (Å²) in [5.41, 5.74) is 15.7. The minimum atomic E-state index is 0. The van der Waals surface area contributed by atoms with E-state index in [4.69, 9.17) is 17.2 Å². The third-order valence-corrected chi connectivity index (χ3v) is 0.783. The van der Waals surface area contributed by atoms with E-state index in [1.54, 1.807) is 0 Å². The van der Waals surface area contributed by atoms with Crippen LogP contribution in [0.15, 0.2) is 6.07 Å². The molecule has 1 rings (SSSR count). The van der Waals surface area contributed by atoms with Gasteiger partial charge in [-0.05, 0) is 0 Å². The summed E-state index contributed by atoms with van der Waals surface area (Å²) in [6, 6.07) is 1.44. The maximum absolute atomic E-state index is 5.25. The van der Waals surface area contributed by atoms with E-state index in [9.17, 15) is 0 Å². The summed E-state index contributed by atoms with van der Waals surface area (Å²) in [5.74, 6) is 0.688. The average molecular weight is 136 g/mol. The molecule has 0 saturated carbocycles. The first kappa shape index (κ1) is 8.54. The maximum Gasteiger partial charge on any atom is 0.223 e. The van der Waals surface area contributed by atoms with Gasteiger partial charge in [-0.15, -0.1) is 0 Å². The summed E-state index contributed by atoms with van der Waals surface area (Å²) in [6.45, 7) is 0. The van der Waals surface area contributed by atoms with Gasteiger partial charge in [0.05, 0.1) is 0 Å². The third-order valence-electron chi connectivity index (χ3n) is 0.783. The Hall–Kier alpha value is -1.46. The standard InChI is InChI=1S/C4H7N5.B/c5-2-1-3(6)9-4(7)8-2;/h1H,(H6,5,6,7,8,9);. The van der Waals surface area contributed by atoms with Gasteiger partial charge in [0.15, 0.2) is 0 Å². The van der Waals surface area contributed by atoms with E-state index in [0.717, 1.165) is 0 Å². The highest BCUT2D eigenvalue weighted by Crippen LogP contribution is 2.03. The molecule has 6 N–H and O–H groups in total. The van der Waals surface area contributed by atoms with Crippen molar-refractivity contribution in [3.8, 4) is 0 Å². The van der Waals surface area contributed by atoms with Crippen molar-refractivity contribution in [1.82, 2.24) is 9.97 Å². The molecule has 1 heterocycles. The second-order valence-electron chi connectivity index (χ2n) is 1.58. The average Bonchev–Trinajstić information content (AvgIpc) is 1.59. The van der Waals surface area contributed by atoms with E-state index in [1.165, 1.54) is 6.07 Å². The van der Waals surface area contributed by atoms with Gasteiger partial charge in [0, 0.05) is 14.5 Å².